The van der Waals surface area contributed by atoms with Crippen molar-refractivity contribution in [2.45, 2.75) is 46.0 Å². The van der Waals surface area contributed by atoms with Crippen LogP contribution in [-0.2, 0) is 47.7 Å². The van der Waals surface area contributed by atoms with E-state index in [-0.39, 0.29) is 0 Å². The summed E-state index contributed by atoms with van der Waals surface area (Å²) in [5.41, 5.74) is -0.493. The summed E-state index contributed by atoms with van der Waals surface area (Å²) in [6, 6.07) is 0. The van der Waals surface area contributed by atoms with Crippen LogP contribution < -0.4 is 0 Å². The Bertz CT molecular complexity index is 613. The summed E-state index contributed by atoms with van der Waals surface area (Å²) in [7, 11) is 0.977. The highest BCUT2D eigenvalue weighted by molar-refractivity contribution is 5.94. The van der Waals surface area contributed by atoms with Crippen molar-refractivity contribution in [2.75, 3.05) is 13.7 Å². The van der Waals surface area contributed by atoms with Gasteiger partial charge in [0.05, 0.1) is 7.11 Å². The van der Waals surface area contributed by atoms with Crippen molar-refractivity contribution < 1.29 is 52.9 Å². The standard InChI is InChI=1S/C15H21NO11/c1-7(17)24-6-11(16-22)12(25-8(2)18)13(26-9(3)19)14(15(21)23-5)27-10(4)20/h12-14,22H,6H2,1-5H3/b16-11-/t12-,13-,14+/m0/s1. The Kier molecular flexibility index (Phi) is 10.1. The van der Waals surface area contributed by atoms with E-state index < -0.39 is 60.5 Å². The summed E-state index contributed by atoms with van der Waals surface area (Å²) in [5, 5.41) is 12.1. The summed E-state index contributed by atoms with van der Waals surface area (Å²) in [6.07, 6.45) is -5.39. The first-order valence-corrected chi connectivity index (χ1v) is 7.47. The summed E-state index contributed by atoms with van der Waals surface area (Å²) >= 11 is 0. The van der Waals surface area contributed by atoms with Crippen LogP contribution in [0, 0.1) is 0 Å². The van der Waals surface area contributed by atoms with E-state index in [0.29, 0.717) is 0 Å². The second-order valence-electron chi connectivity index (χ2n) is 5.03. The molecule has 0 spiro atoms. The highest BCUT2D eigenvalue weighted by atomic mass is 16.6. The molecule has 12 nitrogen and oxygen atoms in total. The number of hydrogen-bond acceptors (Lipinski definition) is 12. The zero-order chi connectivity index (χ0) is 21.1. The van der Waals surface area contributed by atoms with Crippen LogP contribution >= 0.6 is 0 Å². The van der Waals surface area contributed by atoms with Crippen LogP contribution in [0.3, 0.4) is 0 Å². The molecule has 27 heavy (non-hydrogen) atoms. The molecule has 0 amide bonds. The molecule has 1 N–H and O–H groups in total. The molecule has 0 heterocycles. The van der Waals surface area contributed by atoms with E-state index in [1.807, 2.05) is 0 Å². The van der Waals surface area contributed by atoms with Gasteiger partial charge in [-0.2, -0.15) is 0 Å². The number of carbonyl (C=O) groups is 5. The van der Waals surface area contributed by atoms with E-state index in [2.05, 4.69) is 14.6 Å². The highest BCUT2D eigenvalue weighted by Crippen LogP contribution is 2.17. The first-order chi connectivity index (χ1) is 12.5. The maximum Gasteiger partial charge on any atom is 0.351 e. The van der Waals surface area contributed by atoms with E-state index >= 15 is 0 Å². The van der Waals surface area contributed by atoms with Gasteiger partial charge in [0, 0.05) is 27.7 Å². The number of esters is 5. The van der Waals surface area contributed by atoms with Crippen molar-refractivity contribution in [1.29, 1.82) is 0 Å². The zero-order valence-electron chi connectivity index (χ0n) is 15.4. The monoisotopic (exact) mass is 391 g/mol. The molecular formula is C15H21NO11. The van der Waals surface area contributed by atoms with E-state index in [9.17, 15) is 29.2 Å². The zero-order valence-corrected chi connectivity index (χ0v) is 15.4. The molecule has 0 aromatic carbocycles. The first-order valence-electron chi connectivity index (χ1n) is 7.47. The molecule has 12 heteroatoms. The van der Waals surface area contributed by atoms with Crippen molar-refractivity contribution in [3.63, 3.8) is 0 Å². The van der Waals surface area contributed by atoms with Crippen LogP contribution in [0.4, 0.5) is 0 Å². The van der Waals surface area contributed by atoms with Crippen molar-refractivity contribution in [1.82, 2.24) is 0 Å². The van der Waals surface area contributed by atoms with Crippen LogP contribution in [0.5, 0.6) is 0 Å². The minimum absolute atomic E-state index is 0.493. The fourth-order valence-corrected chi connectivity index (χ4v) is 1.87. The summed E-state index contributed by atoms with van der Waals surface area (Å²) in [6.45, 7) is 3.33. The predicted molar refractivity (Wildman–Crippen MR) is 84.5 cm³/mol. The molecule has 0 aliphatic rings. The Morgan fingerprint density at radius 3 is 1.67 bits per heavy atom. The van der Waals surface area contributed by atoms with E-state index in [4.69, 9.17) is 14.2 Å². The Morgan fingerprint density at radius 1 is 0.815 bits per heavy atom. The molecule has 0 saturated carbocycles. The molecule has 0 aromatic heterocycles. The number of methoxy groups -OCH3 is 1. The number of ether oxygens (including phenoxy) is 5. The van der Waals surface area contributed by atoms with Crippen molar-refractivity contribution in [3.8, 4) is 0 Å². The number of hydrogen-bond donors (Lipinski definition) is 1. The summed E-state index contributed by atoms with van der Waals surface area (Å²) in [4.78, 5) is 57.3. The maximum absolute atomic E-state index is 12.0. The van der Waals surface area contributed by atoms with Crippen molar-refractivity contribution in [2.24, 2.45) is 5.16 Å². The molecule has 0 saturated heterocycles. The second kappa shape index (κ2) is 11.4. The molecule has 3 atom stereocenters. The van der Waals surface area contributed by atoms with Gasteiger partial charge in [-0.3, -0.25) is 19.2 Å². The van der Waals surface area contributed by atoms with Gasteiger partial charge in [0.2, 0.25) is 6.10 Å². The number of oxime groups is 1. The molecule has 152 valence electrons. The van der Waals surface area contributed by atoms with E-state index in [0.717, 1.165) is 34.8 Å². The predicted octanol–water partition coefficient (Wildman–Crippen LogP) is -0.652. The van der Waals surface area contributed by atoms with Crippen LogP contribution in [0.1, 0.15) is 27.7 Å². The maximum atomic E-state index is 12.0. The van der Waals surface area contributed by atoms with Crippen LogP contribution in [0.15, 0.2) is 5.16 Å². The summed E-state index contributed by atoms with van der Waals surface area (Å²) in [5.74, 6) is -4.70. The van der Waals surface area contributed by atoms with Crippen LogP contribution in [-0.4, -0.2) is 72.8 Å². The lowest BCUT2D eigenvalue weighted by Gasteiger charge is -2.30. The Morgan fingerprint density at radius 2 is 1.30 bits per heavy atom. The van der Waals surface area contributed by atoms with Gasteiger partial charge in [0.1, 0.15) is 12.3 Å². The number of rotatable bonds is 9. The first kappa shape index (κ1) is 23.8. The number of nitrogens with zero attached hydrogens (tertiary/aromatic N) is 1. The molecular weight excluding hydrogens is 370 g/mol. The van der Waals surface area contributed by atoms with Gasteiger partial charge in [-0.25, -0.2) is 4.79 Å². The van der Waals surface area contributed by atoms with Gasteiger partial charge >= 0.3 is 29.8 Å². The SMILES string of the molecule is COC(=O)[C@H](OC(C)=O)[C@@H](OC(C)=O)[C@@H](OC(C)=O)/C(COC(C)=O)=N\O. The van der Waals surface area contributed by atoms with Gasteiger partial charge in [0.25, 0.3) is 0 Å². The van der Waals surface area contributed by atoms with Gasteiger partial charge < -0.3 is 28.9 Å². The van der Waals surface area contributed by atoms with Crippen molar-refractivity contribution in [3.05, 3.63) is 0 Å². The molecule has 0 bridgehead atoms. The summed E-state index contributed by atoms with van der Waals surface area (Å²) < 4.78 is 23.9. The quantitative estimate of drug-likeness (QED) is 0.174. The highest BCUT2D eigenvalue weighted by Gasteiger charge is 2.45. The van der Waals surface area contributed by atoms with Crippen LogP contribution in [0.25, 0.3) is 0 Å². The van der Waals surface area contributed by atoms with Crippen molar-refractivity contribution >= 4 is 35.6 Å². The molecule has 0 fully saturated rings. The Hall–Kier alpha value is -3.18. The topological polar surface area (TPSA) is 164 Å². The third-order valence-electron chi connectivity index (χ3n) is 2.80. The fourth-order valence-electron chi connectivity index (χ4n) is 1.87. The lowest BCUT2D eigenvalue weighted by Crippen LogP contribution is -2.53. The third kappa shape index (κ3) is 8.65. The average molecular weight is 391 g/mol. The molecule has 0 aliphatic heterocycles. The lowest BCUT2D eigenvalue weighted by atomic mass is 10.0. The molecule has 0 rings (SSSR count). The minimum atomic E-state index is -1.87. The van der Waals surface area contributed by atoms with Gasteiger partial charge in [-0.05, 0) is 0 Å². The lowest BCUT2D eigenvalue weighted by molar-refractivity contribution is -0.188. The molecule has 0 aliphatic carbocycles. The average Bonchev–Trinajstić information content (AvgIpc) is 2.55. The van der Waals surface area contributed by atoms with Gasteiger partial charge in [-0.15, -0.1) is 0 Å². The molecule has 0 radical (unpaired) electrons. The van der Waals surface area contributed by atoms with E-state index in [1.54, 1.807) is 0 Å². The van der Waals surface area contributed by atoms with E-state index in [1.165, 1.54) is 0 Å². The third-order valence-corrected chi connectivity index (χ3v) is 2.80. The minimum Gasteiger partial charge on any atom is -0.466 e. The molecule has 0 unspecified atom stereocenters. The van der Waals surface area contributed by atoms with Gasteiger partial charge in [0.15, 0.2) is 12.2 Å². The number of carbonyl (C=O) groups excluding carboxylic acids is 5. The largest absolute Gasteiger partial charge is 0.466 e. The molecule has 0 aromatic rings. The van der Waals surface area contributed by atoms with Crippen LogP contribution in [0.2, 0.25) is 0 Å². The second-order valence-corrected chi connectivity index (χ2v) is 5.03. The Balaban J connectivity index is 6.12. The van der Waals surface area contributed by atoms with Gasteiger partial charge in [-0.1, -0.05) is 5.16 Å². The normalized spacial score (nSPS) is 14.2. The fraction of sp³-hybridized carbons (Fsp3) is 0.600. The Labute approximate surface area is 154 Å². The smallest absolute Gasteiger partial charge is 0.351 e.